The number of aliphatic imine (C=N–C) groups is 1. The number of carbonyl (C=O) groups excluding carboxylic acids is 1. The zero-order valence-electron chi connectivity index (χ0n) is 11.8. The molecule has 1 aromatic heterocycles. The van der Waals surface area contributed by atoms with Gasteiger partial charge in [-0.05, 0) is 37.1 Å². The Morgan fingerprint density at radius 1 is 1.45 bits per heavy atom. The Bertz CT molecular complexity index is 753. The zero-order valence-corrected chi connectivity index (χ0v) is 12.6. The zero-order chi connectivity index (χ0) is 15.5. The molecule has 3 rings (SSSR count). The number of carbonyl (C=O) groups is 1. The number of hydrogen-bond donors (Lipinski definition) is 1. The number of nitrogens with two attached hydrogens (primary N) is 1. The van der Waals surface area contributed by atoms with E-state index < -0.39 is 11.8 Å². The fraction of sp³-hybridized carbons (Fsp3) is 0.250. The second-order valence-corrected chi connectivity index (χ2v) is 6.07. The summed E-state index contributed by atoms with van der Waals surface area (Å²) in [5.74, 6) is -0.336. The van der Waals surface area contributed by atoms with Crippen LogP contribution in [0.2, 0.25) is 0 Å². The predicted molar refractivity (Wildman–Crippen MR) is 85.6 cm³/mol. The second kappa shape index (κ2) is 6.08. The normalized spacial score (nSPS) is 15.6. The molecule has 1 aliphatic carbocycles. The molecule has 2 aromatic rings. The number of amides is 1. The number of aromatic nitrogens is 1. The molecule has 1 amide bonds. The Kier molecular flexibility index (Phi) is 3.98. The van der Waals surface area contributed by atoms with Gasteiger partial charge >= 0.3 is 0 Å². The first-order chi connectivity index (χ1) is 10.7. The summed E-state index contributed by atoms with van der Waals surface area (Å²) in [6.07, 6.45) is 3.98. The van der Waals surface area contributed by atoms with E-state index in [4.69, 9.17) is 5.73 Å². The quantitative estimate of drug-likeness (QED) is 0.860. The average Bonchev–Trinajstić information content (AvgIpc) is 3.27. The Balaban J connectivity index is 1.73. The van der Waals surface area contributed by atoms with Gasteiger partial charge in [-0.2, -0.15) is 5.26 Å². The lowest BCUT2D eigenvalue weighted by Gasteiger charge is -1.99. The first-order valence-corrected chi connectivity index (χ1v) is 7.84. The molecule has 110 valence electrons. The fourth-order valence-electron chi connectivity index (χ4n) is 2.03. The van der Waals surface area contributed by atoms with Gasteiger partial charge in [-0.3, -0.25) is 9.79 Å². The molecular weight excluding hydrogens is 296 g/mol. The molecule has 1 fully saturated rings. The van der Waals surface area contributed by atoms with Crippen LogP contribution in [-0.2, 0) is 0 Å². The molecule has 5 nitrogen and oxygen atoms in total. The molecule has 0 radical (unpaired) electrons. The molecule has 1 heterocycles. The number of thiazole rings is 1. The standard InChI is InChI=1S/C16H14N4OS/c17-7-12(16-20-14(9-22-16)10-1-2-10)8-19-13-5-3-11(4-6-13)15(18)21/h3-6,8-10,12H,1-2H2,(H2,18,21). The minimum absolute atomic E-state index is 0.435. The van der Waals surface area contributed by atoms with Crippen molar-refractivity contribution in [2.24, 2.45) is 10.7 Å². The third-order valence-electron chi connectivity index (χ3n) is 3.46. The van der Waals surface area contributed by atoms with E-state index in [0.717, 1.165) is 10.7 Å². The molecule has 1 aliphatic rings. The third-order valence-corrected chi connectivity index (χ3v) is 4.41. The lowest BCUT2D eigenvalue weighted by atomic mass is 10.2. The van der Waals surface area contributed by atoms with Crippen molar-refractivity contribution in [1.29, 1.82) is 5.26 Å². The highest BCUT2D eigenvalue weighted by Gasteiger charge is 2.27. The lowest BCUT2D eigenvalue weighted by Crippen LogP contribution is -2.10. The Morgan fingerprint density at radius 3 is 2.77 bits per heavy atom. The monoisotopic (exact) mass is 310 g/mol. The summed E-state index contributed by atoms with van der Waals surface area (Å²) in [7, 11) is 0. The first kappa shape index (κ1) is 14.4. The van der Waals surface area contributed by atoms with Crippen molar-refractivity contribution in [3.63, 3.8) is 0 Å². The molecule has 0 aliphatic heterocycles. The van der Waals surface area contributed by atoms with E-state index in [0.29, 0.717) is 17.2 Å². The highest BCUT2D eigenvalue weighted by atomic mass is 32.1. The van der Waals surface area contributed by atoms with E-state index in [2.05, 4.69) is 16.0 Å². The highest BCUT2D eigenvalue weighted by molar-refractivity contribution is 7.09. The van der Waals surface area contributed by atoms with Crippen LogP contribution in [0.1, 0.15) is 45.7 Å². The SMILES string of the molecule is N#CC(C=Nc1ccc(C(N)=O)cc1)c1nc(C2CC2)cs1. The van der Waals surface area contributed by atoms with Crippen molar-refractivity contribution in [3.05, 3.63) is 45.9 Å². The summed E-state index contributed by atoms with van der Waals surface area (Å²) >= 11 is 1.51. The maximum atomic E-state index is 11.0. The molecule has 2 N–H and O–H groups in total. The summed E-state index contributed by atoms with van der Waals surface area (Å²) in [6, 6.07) is 8.84. The lowest BCUT2D eigenvalue weighted by molar-refractivity contribution is 0.100. The molecule has 1 atom stereocenters. The number of nitrogens with zero attached hydrogens (tertiary/aromatic N) is 3. The van der Waals surface area contributed by atoms with E-state index >= 15 is 0 Å². The van der Waals surface area contributed by atoms with E-state index in [-0.39, 0.29) is 0 Å². The molecule has 0 spiro atoms. The number of rotatable bonds is 5. The number of nitriles is 1. The summed E-state index contributed by atoms with van der Waals surface area (Å²) in [5.41, 5.74) is 7.39. The van der Waals surface area contributed by atoms with Crippen molar-refractivity contribution in [2.45, 2.75) is 24.7 Å². The van der Waals surface area contributed by atoms with Gasteiger partial charge in [-0.25, -0.2) is 4.98 Å². The van der Waals surface area contributed by atoms with Crippen LogP contribution in [-0.4, -0.2) is 17.1 Å². The molecule has 1 unspecified atom stereocenters. The van der Waals surface area contributed by atoms with Crippen LogP contribution >= 0.6 is 11.3 Å². The van der Waals surface area contributed by atoms with Crippen molar-refractivity contribution in [2.75, 3.05) is 0 Å². The Hall–Kier alpha value is -2.52. The molecular formula is C16H14N4OS. The van der Waals surface area contributed by atoms with Gasteiger partial charge in [0.1, 0.15) is 10.9 Å². The van der Waals surface area contributed by atoms with E-state index in [9.17, 15) is 10.1 Å². The molecule has 0 saturated heterocycles. The van der Waals surface area contributed by atoms with Crippen molar-refractivity contribution in [1.82, 2.24) is 4.98 Å². The van der Waals surface area contributed by atoms with Gasteiger partial charge in [0.25, 0.3) is 0 Å². The van der Waals surface area contributed by atoms with Gasteiger partial charge in [-0.15, -0.1) is 11.3 Å². The maximum Gasteiger partial charge on any atom is 0.248 e. The van der Waals surface area contributed by atoms with Gasteiger partial charge in [0, 0.05) is 23.1 Å². The summed E-state index contributed by atoms with van der Waals surface area (Å²) < 4.78 is 0. The van der Waals surface area contributed by atoms with Crippen LogP contribution in [0.3, 0.4) is 0 Å². The van der Waals surface area contributed by atoms with Crippen LogP contribution in [0.4, 0.5) is 5.69 Å². The summed E-state index contributed by atoms with van der Waals surface area (Å²) in [6.45, 7) is 0. The van der Waals surface area contributed by atoms with E-state index in [1.54, 1.807) is 30.5 Å². The van der Waals surface area contributed by atoms with Gasteiger partial charge < -0.3 is 5.73 Å². The molecule has 22 heavy (non-hydrogen) atoms. The first-order valence-electron chi connectivity index (χ1n) is 6.96. The van der Waals surface area contributed by atoms with Gasteiger partial charge in [0.05, 0.1) is 17.5 Å². The molecule has 1 aromatic carbocycles. The number of hydrogen-bond acceptors (Lipinski definition) is 5. The Morgan fingerprint density at radius 2 is 2.18 bits per heavy atom. The van der Waals surface area contributed by atoms with E-state index in [1.165, 1.54) is 24.2 Å². The van der Waals surface area contributed by atoms with Gasteiger partial charge in [0.2, 0.25) is 5.91 Å². The highest BCUT2D eigenvalue weighted by Crippen LogP contribution is 2.40. The van der Waals surface area contributed by atoms with E-state index in [1.807, 2.05) is 5.38 Å². The molecule has 1 saturated carbocycles. The minimum atomic E-state index is -0.471. The van der Waals surface area contributed by atoms with Gasteiger partial charge in [0.15, 0.2) is 0 Å². The van der Waals surface area contributed by atoms with Crippen LogP contribution in [0.15, 0.2) is 34.6 Å². The van der Waals surface area contributed by atoms with Crippen LogP contribution < -0.4 is 5.73 Å². The molecule has 0 bridgehead atoms. The molecule has 6 heteroatoms. The minimum Gasteiger partial charge on any atom is -0.366 e. The summed E-state index contributed by atoms with van der Waals surface area (Å²) in [5, 5.41) is 12.1. The maximum absolute atomic E-state index is 11.0. The van der Waals surface area contributed by atoms with Crippen LogP contribution in [0.5, 0.6) is 0 Å². The van der Waals surface area contributed by atoms with Crippen LogP contribution in [0, 0.1) is 11.3 Å². The number of benzene rings is 1. The average molecular weight is 310 g/mol. The number of primary amides is 1. The van der Waals surface area contributed by atoms with Crippen molar-refractivity contribution >= 4 is 29.1 Å². The van der Waals surface area contributed by atoms with Crippen molar-refractivity contribution < 1.29 is 4.79 Å². The topological polar surface area (TPSA) is 92.1 Å². The van der Waals surface area contributed by atoms with Gasteiger partial charge in [-0.1, -0.05) is 0 Å². The predicted octanol–water partition coefficient (Wildman–Crippen LogP) is 3.13. The smallest absolute Gasteiger partial charge is 0.248 e. The fourth-order valence-corrected chi connectivity index (χ4v) is 2.94. The van der Waals surface area contributed by atoms with Crippen LogP contribution in [0.25, 0.3) is 0 Å². The largest absolute Gasteiger partial charge is 0.366 e. The Labute approximate surface area is 132 Å². The third kappa shape index (κ3) is 3.21. The second-order valence-electron chi connectivity index (χ2n) is 5.18. The summed E-state index contributed by atoms with van der Waals surface area (Å²) in [4.78, 5) is 19.8. The van der Waals surface area contributed by atoms with Crippen molar-refractivity contribution in [3.8, 4) is 6.07 Å².